The molecule has 0 heterocycles. The number of rotatable bonds is 59. The fourth-order valence-electron chi connectivity index (χ4n) is 9.09. The smallest absolute Gasteiger partial charge is 0.306 e. The third-order valence-electron chi connectivity index (χ3n) is 14.0. The van der Waals surface area contributed by atoms with E-state index < -0.39 is 6.10 Å². The number of hydrogen-bond acceptors (Lipinski definition) is 6. The topological polar surface area (TPSA) is 78.9 Å². The van der Waals surface area contributed by atoms with Crippen LogP contribution in [0, 0.1) is 0 Å². The summed E-state index contributed by atoms with van der Waals surface area (Å²) in [5, 5.41) is 0. The van der Waals surface area contributed by atoms with Crippen molar-refractivity contribution < 1.29 is 28.6 Å². The van der Waals surface area contributed by atoms with Gasteiger partial charge in [0.05, 0.1) is 0 Å². The highest BCUT2D eigenvalue weighted by atomic mass is 16.6. The summed E-state index contributed by atoms with van der Waals surface area (Å²) in [6.07, 6.45) is 92.7. The Morgan fingerprint density at radius 1 is 0.266 bits per heavy atom. The summed E-state index contributed by atoms with van der Waals surface area (Å²) in [7, 11) is 0. The molecule has 0 spiro atoms. The van der Waals surface area contributed by atoms with E-state index in [0.29, 0.717) is 19.3 Å². The molecule has 0 aromatic carbocycles. The van der Waals surface area contributed by atoms with Crippen molar-refractivity contribution in [3.63, 3.8) is 0 Å². The van der Waals surface area contributed by atoms with Crippen molar-refractivity contribution in [2.75, 3.05) is 13.2 Å². The van der Waals surface area contributed by atoms with Crippen molar-refractivity contribution >= 4 is 17.9 Å². The molecule has 0 saturated carbocycles. The number of hydrogen-bond donors (Lipinski definition) is 0. The molecule has 0 saturated heterocycles. The molecule has 79 heavy (non-hydrogen) atoms. The van der Waals surface area contributed by atoms with E-state index in [1.54, 1.807) is 0 Å². The number of allylic oxidation sites excluding steroid dienone is 20. The zero-order valence-electron chi connectivity index (χ0n) is 51.6. The lowest BCUT2D eigenvalue weighted by Crippen LogP contribution is -2.30. The van der Waals surface area contributed by atoms with Gasteiger partial charge in [0.15, 0.2) is 6.10 Å². The summed E-state index contributed by atoms with van der Waals surface area (Å²) in [5.74, 6) is -0.921. The number of ether oxygens (including phenoxy) is 3. The zero-order chi connectivity index (χ0) is 57.1. The standard InChI is InChI=1S/C73H122O6/c1-4-7-10-13-15-17-19-21-23-25-27-29-31-32-33-34-35-36-37-38-39-40-42-43-45-47-49-51-53-55-57-60-63-66-72(75)78-69-70(68-77-71(74)65-62-59-12-9-6-3)79-73(76)67-64-61-58-56-54-52-50-48-46-44-41-30-28-26-24-22-20-18-16-14-11-8-5-2/h7-8,10-11,15-18,21-24,27-30,44,46,50,52,70H,4-6,9,12-14,19-20,25-26,31-43,45,47-49,51,53-69H2,1-3H3/b10-7-,11-8-,17-15-,18-16-,23-21-,24-22-,29-27-,30-28-,46-44-,52-50-. The second-order valence-corrected chi connectivity index (χ2v) is 21.6. The van der Waals surface area contributed by atoms with Gasteiger partial charge in [0.2, 0.25) is 0 Å². The highest BCUT2D eigenvalue weighted by molar-refractivity contribution is 5.71. The molecule has 0 radical (unpaired) electrons. The molecule has 0 fully saturated rings. The van der Waals surface area contributed by atoms with Crippen LogP contribution in [0.25, 0.3) is 0 Å². The Balaban J connectivity index is 4.01. The quantitative estimate of drug-likeness (QED) is 0.0261. The summed E-state index contributed by atoms with van der Waals surface area (Å²) >= 11 is 0. The van der Waals surface area contributed by atoms with Gasteiger partial charge in [0, 0.05) is 19.3 Å². The summed E-state index contributed by atoms with van der Waals surface area (Å²) in [6, 6.07) is 0. The minimum atomic E-state index is -0.789. The van der Waals surface area contributed by atoms with Gasteiger partial charge in [-0.1, -0.05) is 296 Å². The molecule has 0 aliphatic rings. The van der Waals surface area contributed by atoms with Gasteiger partial charge in [-0.05, 0) is 109 Å². The van der Waals surface area contributed by atoms with E-state index in [1.807, 2.05) is 0 Å². The van der Waals surface area contributed by atoms with Crippen molar-refractivity contribution in [3.05, 3.63) is 122 Å². The van der Waals surface area contributed by atoms with E-state index in [2.05, 4.69) is 142 Å². The van der Waals surface area contributed by atoms with Crippen molar-refractivity contribution in [2.24, 2.45) is 0 Å². The van der Waals surface area contributed by atoms with Gasteiger partial charge in [-0.25, -0.2) is 0 Å². The van der Waals surface area contributed by atoms with Crippen LogP contribution >= 0.6 is 0 Å². The molecule has 0 rings (SSSR count). The van der Waals surface area contributed by atoms with E-state index >= 15 is 0 Å². The van der Waals surface area contributed by atoms with Crippen LogP contribution < -0.4 is 0 Å². The SMILES string of the molecule is CC/C=C\C/C=C\C/C=C\C/C=C\C/C=C\C/C=C\CCCCCCC(=O)OC(COC(=O)CCCCCCC)COC(=O)CCCCCCCCCCCCCCCCCCCCCC/C=C\C/C=C\C/C=C\C/C=C\CC. The van der Waals surface area contributed by atoms with Crippen LogP contribution in [0.5, 0.6) is 0 Å². The molecule has 1 unspecified atom stereocenters. The number of carbonyl (C=O) groups is 3. The normalized spacial score (nSPS) is 12.9. The molecule has 0 amide bonds. The third-order valence-corrected chi connectivity index (χ3v) is 14.0. The zero-order valence-corrected chi connectivity index (χ0v) is 51.6. The Bertz CT molecular complexity index is 1640. The molecule has 6 heteroatoms. The molecule has 0 bridgehead atoms. The molecule has 0 aliphatic heterocycles. The molecule has 1 atom stereocenters. The summed E-state index contributed by atoms with van der Waals surface area (Å²) in [5.41, 5.74) is 0. The molecule has 0 aliphatic carbocycles. The maximum absolute atomic E-state index is 12.8. The predicted octanol–water partition coefficient (Wildman–Crippen LogP) is 22.8. The van der Waals surface area contributed by atoms with E-state index in [9.17, 15) is 14.4 Å². The Labute approximate surface area is 488 Å². The van der Waals surface area contributed by atoms with Crippen molar-refractivity contribution in [2.45, 2.75) is 309 Å². The van der Waals surface area contributed by atoms with Crippen LogP contribution in [0.15, 0.2) is 122 Å². The highest BCUT2D eigenvalue weighted by Gasteiger charge is 2.19. The maximum atomic E-state index is 12.8. The molecular formula is C73H122O6. The van der Waals surface area contributed by atoms with E-state index in [1.165, 1.54) is 122 Å². The summed E-state index contributed by atoms with van der Waals surface area (Å²) < 4.78 is 16.8. The van der Waals surface area contributed by atoms with Gasteiger partial charge in [0.25, 0.3) is 0 Å². The Kier molecular flexibility index (Phi) is 62.8. The number of esters is 3. The van der Waals surface area contributed by atoms with Crippen molar-refractivity contribution in [1.82, 2.24) is 0 Å². The largest absolute Gasteiger partial charge is 0.462 e. The van der Waals surface area contributed by atoms with E-state index in [-0.39, 0.29) is 31.1 Å². The predicted molar refractivity (Wildman–Crippen MR) is 343 cm³/mol. The van der Waals surface area contributed by atoms with Crippen LogP contribution in [-0.2, 0) is 28.6 Å². The molecule has 0 aromatic rings. The lowest BCUT2D eigenvalue weighted by Gasteiger charge is -2.18. The first-order valence-electron chi connectivity index (χ1n) is 33.0. The Morgan fingerprint density at radius 2 is 0.494 bits per heavy atom. The second-order valence-electron chi connectivity index (χ2n) is 21.6. The minimum Gasteiger partial charge on any atom is -0.462 e. The Morgan fingerprint density at radius 3 is 0.772 bits per heavy atom. The summed E-state index contributed by atoms with van der Waals surface area (Å²) in [4.78, 5) is 37.9. The van der Waals surface area contributed by atoms with Gasteiger partial charge >= 0.3 is 17.9 Å². The number of carbonyl (C=O) groups excluding carboxylic acids is 3. The fraction of sp³-hybridized carbons (Fsp3) is 0.685. The van der Waals surface area contributed by atoms with Crippen LogP contribution in [0.1, 0.15) is 303 Å². The highest BCUT2D eigenvalue weighted by Crippen LogP contribution is 2.17. The third kappa shape index (κ3) is 64.5. The first-order valence-corrected chi connectivity index (χ1v) is 33.0. The van der Waals surface area contributed by atoms with Gasteiger partial charge in [-0.2, -0.15) is 0 Å². The number of unbranched alkanes of at least 4 members (excludes halogenated alkanes) is 28. The molecule has 450 valence electrons. The second kappa shape index (κ2) is 66.3. The Hall–Kier alpha value is -4.19. The summed E-state index contributed by atoms with van der Waals surface area (Å²) in [6.45, 7) is 6.32. The average Bonchev–Trinajstić information content (AvgIpc) is 3.45. The van der Waals surface area contributed by atoms with Crippen LogP contribution in [0.4, 0.5) is 0 Å². The molecule has 6 nitrogen and oxygen atoms in total. The van der Waals surface area contributed by atoms with Crippen LogP contribution in [-0.4, -0.2) is 37.2 Å². The average molecular weight is 1100 g/mol. The van der Waals surface area contributed by atoms with Gasteiger partial charge in [0.1, 0.15) is 13.2 Å². The van der Waals surface area contributed by atoms with E-state index in [4.69, 9.17) is 14.2 Å². The molecular weight excluding hydrogens is 973 g/mol. The van der Waals surface area contributed by atoms with Gasteiger partial charge in [-0.15, -0.1) is 0 Å². The first kappa shape index (κ1) is 74.8. The monoisotopic (exact) mass is 1090 g/mol. The first-order chi connectivity index (χ1) is 39.0. The molecule has 0 aromatic heterocycles. The lowest BCUT2D eigenvalue weighted by atomic mass is 10.0. The van der Waals surface area contributed by atoms with Crippen molar-refractivity contribution in [3.8, 4) is 0 Å². The minimum absolute atomic E-state index is 0.0877. The van der Waals surface area contributed by atoms with Gasteiger partial charge < -0.3 is 14.2 Å². The van der Waals surface area contributed by atoms with Gasteiger partial charge in [-0.3, -0.25) is 14.4 Å². The van der Waals surface area contributed by atoms with Crippen molar-refractivity contribution in [1.29, 1.82) is 0 Å². The van der Waals surface area contributed by atoms with Crippen LogP contribution in [0.3, 0.4) is 0 Å². The maximum Gasteiger partial charge on any atom is 0.306 e. The fourth-order valence-corrected chi connectivity index (χ4v) is 9.09. The molecule has 0 N–H and O–H groups in total. The van der Waals surface area contributed by atoms with E-state index in [0.717, 1.165) is 141 Å². The lowest BCUT2D eigenvalue weighted by molar-refractivity contribution is -0.167. The van der Waals surface area contributed by atoms with Crippen LogP contribution in [0.2, 0.25) is 0 Å².